The van der Waals surface area contributed by atoms with Gasteiger partial charge < -0.3 is 10.1 Å². The van der Waals surface area contributed by atoms with Crippen LogP contribution in [-0.4, -0.2) is 18.1 Å². The van der Waals surface area contributed by atoms with Crippen LogP contribution in [0.1, 0.15) is 40.0 Å². The Morgan fingerprint density at radius 1 is 1.38 bits per heavy atom. The molecular formula is C17H24FNO2. The Bertz CT molecular complexity index is 505. The predicted octanol–water partition coefficient (Wildman–Crippen LogP) is 4.00. The van der Waals surface area contributed by atoms with Gasteiger partial charge in [0, 0.05) is 0 Å². The van der Waals surface area contributed by atoms with Crippen LogP contribution in [0.3, 0.4) is 0 Å². The summed E-state index contributed by atoms with van der Waals surface area (Å²) in [6.45, 7) is 6.47. The summed E-state index contributed by atoms with van der Waals surface area (Å²) in [6, 6.07) is 6.47. The number of ether oxygens (including phenoxy) is 1. The summed E-state index contributed by atoms with van der Waals surface area (Å²) in [5.41, 5.74) is -0.447. The summed E-state index contributed by atoms with van der Waals surface area (Å²) in [5.74, 6) is 0.344. The van der Waals surface area contributed by atoms with Crippen molar-refractivity contribution in [3.63, 3.8) is 0 Å². The molecule has 4 heteroatoms. The Morgan fingerprint density at radius 3 is 2.71 bits per heavy atom. The maximum absolute atomic E-state index is 13.9. The van der Waals surface area contributed by atoms with Gasteiger partial charge in [-0.05, 0) is 50.2 Å². The van der Waals surface area contributed by atoms with E-state index in [0.29, 0.717) is 37.0 Å². The molecule has 3 unspecified atom stereocenters. The molecule has 0 radical (unpaired) electrons. The summed E-state index contributed by atoms with van der Waals surface area (Å²) >= 11 is 0. The number of para-hydroxylation sites is 1. The van der Waals surface area contributed by atoms with Crippen molar-refractivity contribution in [1.82, 2.24) is 0 Å². The maximum atomic E-state index is 13.9. The molecule has 3 atom stereocenters. The van der Waals surface area contributed by atoms with Crippen molar-refractivity contribution in [2.24, 2.45) is 11.8 Å². The number of rotatable bonds is 4. The highest BCUT2D eigenvalue weighted by molar-refractivity contribution is 5.85. The third kappa shape index (κ3) is 3.36. The Balaban J connectivity index is 2.28. The third-order valence-electron chi connectivity index (χ3n) is 4.58. The highest BCUT2D eigenvalue weighted by atomic mass is 19.1. The van der Waals surface area contributed by atoms with Crippen LogP contribution < -0.4 is 5.32 Å². The maximum Gasteiger partial charge on any atom is 0.331 e. The highest BCUT2D eigenvalue weighted by Crippen LogP contribution is 2.39. The lowest BCUT2D eigenvalue weighted by Crippen LogP contribution is -2.52. The molecule has 2 rings (SSSR count). The fourth-order valence-corrected chi connectivity index (χ4v) is 3.05. The Kier molecular flexibility index (Phi) is 4.86. The van der Waals surface area contributed by atoms with Gasteiger partial charge in [0.1, 0.15) is 11.4 Å². The van der Waals surface area contributed by atoms with E-state index in [9.17, 15) is 9.18 Å². The van der Waals surface area contributed by atoms with Crippen LogP contribution in [-0.2, 0) is 9.53 Å². The van der Waals surface area contributed by atoms with Crippen molar-refractivity contribution in [2.45, 2.75) is 45.6 Å². The summed E-state index contributed by atoms with van der Waals surface area (Å²) in [5, 5.41) is 3.15. The van der Waals surface area contributed by atoms with Gasteiger partial charge in [0.15, 0.2) is 0 Å². The van der Waals surface area contributed by atoms with Crippen LogP contribution in [0.5, 0.6) is 0 Å². The molecule has 21 heavy (non-hydrogen) atoms. The lowest BCUT2D eigenvalue weighted by Gasteiger charge is -2.41. The van der Waals surface area contributed by atoms with E-state index in [1.54, 1.807) is 25.1 Å². The third-order valence-corrected chi connectivity index (χ3v) is 4.58. The molecule has 0 aliphatic heterocycles. The summed E-state index contributed by atoms with van der Waals surface area (Å²) in [7, 11) is 0. The van der Waals surface area contributed by atoms with Crippen LogP contribution in [0.4, 0.5) is 10.1 Å². The molecule has 0 spiro atoms. The van der Waals surface area contributed by atoms with Crippen LogP contribution in [0.25, 0.3) is 0 Å². The second kappa shape index (κ2) is 6.46. The van der Waals surface area contributed by atoms with Gasteiger partial charge in [-0.3, -0.25) is 0 Å². The second-order valence-electron chi connectivity index (χ2n) is 6.10. The first-order valence-corrected chi connectivity index (χ1v) is 7.68. The van der Waals surface area contributed by atoms with Gasteiger partial charge in [-0.1, -0.05) is 26.0 Å². The van der Waals surface area contributed by atoms with Crippen molar-refractivity contribution in [2.75, 3.05) is 11.9 Å². The standard InChI is InChI=1S/C17H24FNO2/c1-4-21-16(20)17(10-9-12(2)13(3)11-17)19-15-8-6-5-7-14(15)18/h5-8,12-13,19H,4,9-11H2,1-3H3. The molecule has 1 aliphatic rings. The smallest absolute Gasteiger partial charge is 0.331 e. The minimum Gasteiger partial charge on any atom is -0.464 e. The van der Waals surface area contributed by atoms with Crippen molar-refractivity contribution in [3.05, 3.63) is 30.1 Å². The molecule has 3 nitrogen and oxygen atoms in total. The van der Waals surface area contributed by atoms with E-state index >= 15 is 0 Å². The number of nitrogens with one attached hydrogen (secondary N) is 1. The summed E-state index contributed by atoms with van der Waals surface area (Å²) < 4.78 is 19.2. The molecule has 1 aromatic rings. The molecule has 1 N–H and O–H groups in total. The largest absolute Gasteiger partial charge is 0.464 e. The van der Waals surface area contributed by atoms with Crippen molar-refractivity contribution < 1.29 is 13.9 Å². The topological polar surface area (TPSA) is 38.3 Å². The Hall–Kier alpha value is -1.58. The highest BCUT2D eigenvalue weighted by Gasteiger charge is 2.45. The van der Waals surface area contributed by atoms with E-state index in [2.05, 4.69) is 19.2 Å². The van der Waals surface area contributed by atoms with Crippen LogP contribution in [0.2, 0.25) is 0 Å². The molecule has 0 bridgehead atoms. The van der Waals surface area contributed by atoms with E-state index in [4.69, 9.17) is 4.74 Å². The van der Waals surface area contributed by atoms with E-state index in [1.165, 1.54) is 6.07 Å². The van der Waals surface area contributed by atoms with Gasteiger partial charge in [-0.25, -0.2) is 9.18 Å². The second-order valence-corrected chi connectivity index (χ2v) is 6.10. The zero-order valence-electron chi connectivity index (χ0n) is 13.0. The monoisotopic (exact) mass is 293 g/mol. The number of halogens is 1. The Labute approximate surface area is 125 Å². The first-order chi connectivity index (χ1) is 9.98. The van der Waals surface area contributed by atoms with Gasteiger partial charge in [0.2, 0.25) is 0 Å². The predicted molar refractivity (Wildman–Crippen MR) is 81.6 cm³/mol. The zero-order valence-corrected chi connectivity index (χ0v) is 13.0. The van der Waals surface area contributed by atoms with E-state index < -0.39 is 5.54 Å². The Morgan fingerprint density at radius 2 is 2.10 bits per heavy atom. The van der Waals surface area contributed by atoms with Crippen molar-refractivity contribution in [3.8, 4) is 0 Å². The normalized spacial score (nSPS) is 29.0. The number of benzene rings is 1. The average molecular weight is 293 g/mol. The number of hydrogen-bond donors (Lipinski definition) is 1. The van der Waals surface area contributed by atoms with E-state index in [0.717, 1.165) is 6.42 Å². The van der Waals surface area contributed by atoms with Gasteiger partial charge in [0.25, 0.3) is 0 Å². The van der Waals surface area contributed by atoms with Gasteiger partial charge >= 0.3 is 5.97 Å². The number of esters is 1. The van der Waals surface area contributed by atoms with E-state index in [1.807, 2.05) is 0 Å². The lowest BCUT2D eigenvalue weighted by molar-refractivity contribution is -0.150. The average Bonchev–Trinajstić information content (AvgIpc) is 2.46. The van der Waals surface area contributed by atoms with Crippen LogP contribution in [0.15, 0.2) is 24.3 Å². The number of carbonyl (C=O) groups excluding carboxylic acids is 1. The first-order valence-electron chi connectivity index (χ1n) is 7.68. The fraction of sp³-hybridized carbons (Fsp3) is 0.588. The molecule has 1 saturated carbocycles. The number of carbonyl (C=O) groups is 1. The molecule has 1 aromatic carbocycles. The molecule has 116 valence electrons. The first kappa shape index (κ1) is 15.8. The minimum atomic E-state index is -0.815. The van der Waals surface area contributed by atoms with Gasteiger partial charge in [-0.15, -0.1) is 0 Å². The quantitative estimate of drug-likeness (QED) is 0.853. The summed E-state index contributed by atoms with van der Waals surface area (Å²) in [6.07, 6.45) is 2.27. The molecule has 0 amide bonds. The van der Waals surface area contributed by atoms with E-state index in [-0.39, 0.29) is 11.8 Å². The minimum absolute atomic E-state index is 0.271. The molecule has 0 heterocycles. The van der Waals surface area contributed by atoms with Crippen molar-refractivity contribution in [1.29, 1.82) is 0 Å². The van der Waals surface area contributed by atoms with Crippen LogP contribution in [0, 0.1) is 17.7 Å². The van der Waals surface area contributed by atoms with Crippen molar-refractivity contribution >= 4 is 11.7 Å². The fourth-order valence-electron chi connectivity index (χ4n) is 3.05. The molecule has 1 fully saturated rings. The molecule has 0 saturated heterocycles. The van der Waals surface area contributed by atoms with Gasteiger partial charge in [0.05, 0.1) is 12.3 Å². The van der Waals surface area contributed by atoms with Crippen LogP contribution >= 0.6 is 0 Å². The SMILES string of the molecule is CCOC(=O)C1(Nc2ccccc2F)CCC(C)C(C)C1. The molecular weight excluding hydrogens is 269 g/mol. The lowest BCUT2D eigenvalue weighted by atomic mass is 9.71. The number of hydrogen-bond acceptors (Lipinski definition) is 3. The van der Waals surface area contributed by atoms with Gasteiger partial charge in [-0.2, -0.15) is 0 Å². The molecule has 1 aliphatic carbocycles. The zero-order chi connectivity index (χ0) is 15.5. The molecule has 0 aromatic heterocycles. The summed E-state index contributed by atoms with van der Waals surface area (Å²) in [4.78, 5) is 12.5. The number of anilines is 1.